The first-order valence-corrected chi connectivity index (χ1v) is 14.8. The Bertz CT molecular complexity index is 1350. The molecule has 1 amide bonds. The molecule has 5 atom stereocenters. The number of H-pyrrole nitrogens is 1. The van der Waals surface area contributed by atoms with Crippen LogP contribution in [0.25, 0.3) is 10.9 Å². The summed E-state index contributed by atoms with van der Waals surface area (Å²) in [5, 5.41) is 23.6. The molecule has 39 heavy (non-hydrogen) atoms. The number of aromatic nitrogens is 1. The average molecular weight is 529 g/mol. The molecule has 3 aromatic rings. The van der Waals surface area contributed by atoms with E-state index in [1.807, 2.05) is 12.1 Å². The number of carbonyl (C=O) groups excluding carboxylic acids is 1. The Balaban J connectivity index is 1.03. The highest BCUT2D eigenvalue weighted by molar-refractivity contribution is 6.58. The van der Waals surface area contributed by atoms with Gasteiger partial charge in [-0.15, -0.1) is 0 Å². The summed E-state index contributed by atoms with van der Waals surface area (Å²) in [7, 11) is -1.41. The maximum absolute atomic E-state index is 12.7. The number of para-hydroxylation sites is 1. The Labute approximate surface area is 231 Å². The summed E-state index contributed by atoms with van der Waals surface area (Å²) in [6, 6.07) is 12.3. The molecule has 3 unspecified atom stereocenters. The molecule has 1 saturated heterocycles. The van der Waals surface area contributed by atoms with Crippen molar-refractivity contribution in [1.29, 1.82) is 0 Å². The van der Waals surface area contributed by atoms with Crippen LogP contribution in [-0.4, -0.2) is 46.8 Å². The topological polar surface area (TPSA) is 94.6 Å². The maximum atomic E-state index is 12.7. The van der Waals surface area contributed by atoms with Crippen molar-refractivity contribution in [3.8, 4) is 0 Å². The molecular formula is C32H41BN2O4. The number of amides is 1. The molecule has 1 aromatic heterocycles. The quantitative estimate of drug-likeness (QED) is 0.331. The number of rotatable bonds is 8. The van der Waals surface area contributed by atoms with Crippen LogP contribution in [0.1, 0.15) is 73.6 Å². The monoisotopic (exact) mass is 528 g/mol. The highest BCUT2D eigenvalue weighted by Gasteiger charge is 2.55. The molecule has 2 aliphatic carbocycles. The van der Waals surface area contributed by atoms with Gasteiger partial charge in [0, 0.05) is 30.1 Å². The standard InChI is InChI=1S/C32H41BN2O4/c1-20-5-3-7-26-22(18-35-31(20)26)14-16-34-29(36)8-4-6-23-19-39-32(2)15-13-27-25-12-10-24(33(37)38)17-21(25)9-11-28(27)30(23)32/h3,5,7,10,12,17-18,23,27-28,30,35,37-38H,4,6,8-9,11,13-16,19H2,1-2H3,(H,34,36)/t23-,27?,28?,30?,32-/m0/s1. The molecule has 0 spiro atoms. The van der Waals surface area contributed by atoms with Crippen LogP contribution in [0, 0.1) is 24.7 Å². The second-order valence-electron chi connectivity index (χ2n) is 12.4. The van der Waals surface area contributed by atoms with Gasteiger partial charge in [0.2, 0.25) is 5.91 Å². The molecule has 7 heteroatoms. The Kier molecular flexibility index (Phi) is 7.34. The van der Waals surface area contributed by atoms with E-state index in [0.29, 0.717) is 42.1 Å². The Morgan fingerprint density at radius 1 is 1.23 bits per heavy atom. The van der Waals surface area contributed by atoms with Gasteiger partial charge in [-0.25, -0.2) is 0 Å². The van der Waals surface area contributed by atoms with Gasteiger partial charge in [0.25, 0.3) is 0 Å². The first-order valence-electron chi connectivity index (χ1n) is 14.8. The third kappa shape index (κ3) is 5.05. The van der Waals surface area contributed by atoms with E-state index in [4.69, 9.17) is 4.74 Å². The maximum Gasteiger partial charge on any atom is 0.488 e. The van der Waals surface area contributed by atoms with Crippen molar-refractivity contribution in [2.45, 2.75) is 76.7 Å². The lowest BCUT2D eigenvalue weighted by molar-refractivity contribution is -0.121. The highest BCUT2D eigenvalue weighted by Crippen LogP contribution is 2.58. The summed E-state index contributed by atoms with van der Waals surface area (Å²) in [5.41, 5.74) is 6.88. The number of nitrogens with one attached hydrogen (secondary N) is 2. The van der Waals surface area contributed by atoms with Crippen molar-refractivity contribution in [3.63, 3.8) is 0 Å². The van der Waals surface area contributed by atoms with Gasteiger partial charge in [-0.3, -0.25) is 4.79 Å². The molecule has 0 bridgehead atoms. The largest absolute Gasteiger partial charge is 0.488 e. The van der Waals surface area contributed by atoms with Gasteiger partial charge in [0.15, 0.2) is 0 Å². The van der Waals surface area contributed by atoms with E-state index in [9.17, 15) is 14.8 Å². The van der Waals surface area contributed by atoms with Crippen LogP contribution in [0.3, 0.4) is 0 Å². The Hall–Kier alpha value is -2.61. The molecule has 6 rings (SSSR count). The number of benzene rings is 2. The zero-order valence-electron chi connectivity index (χ0n) is 23.2. The second kappa shape index (κ2) is 10.8. The third-order valence-electron chi connectivity index (χ3n) is 10.1. The lowest BCUT2D eigenvalue weighted by atomic mass is 9.56. The molecule has 4 N–H and O–H groups in total. The lowest BCUT2D eigenvalue weighted by Gasteiger charge is -2.49. The minimum absolute atomic E-state index is 0.0650. The number of hydrogen-bond donors (Lipinski definition) is 4. The summed E-state index contributed by atoms with van der Waals surface area (Å²) >= 11 is 0. The van der Waals surface area contributed by atoms with Crippen molar-refractivity contribution in [2.75, 3.05) is 13.2 Å². The highest BCUT2D eigenvalue weighted by atomic mass is 16.5. The summed E-state index contributed by atoms with van der Waals surface area (Å²) in [4.78, 5) is 16.0. The summed E-state index contributed by atoms with van der Waals surface area (Å²) < 4.78 is 6.48. The number of hydrogen-bond acceptors (Lipinski definition) is 4. The first kappa shape index (κ1) is 26.6. The molecule has 3 aliphatic rings. The third-order valence-corrected chi connectivity index (χ3v) is 10.1. The summed E-state index contributed by atoms with van der Waals surface area (Å²) in [6.45, 7) is 5.88. The fraction of sp³-hybridized carbons (Fsp3) is 0.531. The fourth-order valence-corrected chi connectivity index (χ4v) is 8.18. The molecule has 1 saturated carbocycles. The van der Waals surface area contributed by atoms with E-state index >= 15 is 0 Å². The SMILES string of the molecule is Cc1cccc2c(CCNC(=O)CCC[C@H]3CO[C@@]4(C)CCC5c6ccc(B(O)O)cc6CCC5C34)c[nH]c12. The Morgan fingerprint density at radius 3 is 2.95 bits per heavy atom. The Morgan fingerprint density at radius 2 is 2.10 bits per heavy atom. The second-order valence-corrected chi connectivity index (χ2v) is 12.4. The van der Waals surface area contributed by atoms with Gasteiger partial charge in [-0.1, -0.05) is 36.4 Å². The molecule has 2 fully saturated rings. The van der Waals surface area contributed by atoms with Gasteiger partial charge in [-0.05, 0) is 110 Å². The van der Waals surface area contributed by atoms with Gasteiger partial charge in [-0.2, -0.15) is 0 Å². The smallest absolute Gasteiger partial charge is 0.423 e. The number of fused-ring (bicyclic) bond motifs is 6. The van der Waals surface area contributed by atoms with Crippen molar-refractivity contribution >= 4 is 29.4 Å². The minimum Gasteiger partial charge on any atom is -0.423 e. The van der Waals surface area contributed by atoms with Crippen LogP contribution >= 0.6 is 0 Å². The summed E-state index contributed by atoms with van der Waals surface area (Å²) in [6.07, 6.45) is 9.67. The molecule has 0 radical (unpaired) electrons. The van der Waals surface area contributed by atoms with Crippen molar-refractivity contribution in [1.82, 2.24) is 10.3 Å². The molecule has 206 valence electrons. The lowest BCUT2D eigenvalue weighted by Crippen LogP contribution is -2.47. The van der Waals surface area contributed by atoms with Crippen molar-refractivity contribution < 1.29 is 19.6 Å². The van der Waals surface area contributed by atoms with Crippen LogP contribution in [0.4, 0.5) is 0 Å². The van der Waals surface area contributed by atoms with Crippen LogP contribution in [0.2, 0.25) is 0 Å². The minimum atomic E-state index is -1.41. The molecule has 6 nitrogen and oxygen atoms in total. The van der Waals surface area contributed by atoms with Crippen LogP contribution in [0.5, 0.6) is 0 Å². The van der Waals surface area contributed by atoms with E-state index in [-0.39, 0.29) is 11.5 Å². The van der Waals surface area contributed by atoms with E-state index < -0.39 is 7.12 Å². The molecule has 1 aliphatic heterocycles. The number of ether oxygens (including phenoxy) is 1. The average Bonchev–Trinajstić information content (AvgIpc) is 3.50. The molecular weight excluding hydrogens is 487 g/mol. The van der Waals surface area contributed by atoms with Crippen LogP contribution in [-0.2, 0) is 22.4 Å². The zero-order valence-corrected chi connectivity index (χ0v) is 23.2. The van der Waals surface area contributed by atoms with Crippen LogP contribution < -0.4 is 10.8 Å². The van der Waals surface area contributed by atoms with Gasteiger partial charge >= 0.3 is 7.12 Å². The normalized spacial score (nSPS) is 27.6. The van der Waals surface area contributed by atoms with E-state index in [0.717, 1.165) is 51.6 Å². The molecule has 2 aromatic carbocycles. The predicted octanol–water partition coefficient (Wildman–Crippen LogP) is 4.15. The van der Waals surface area contributed by atoms with Gasteiger partial charge in [0.05, 0.1) is 12.2 Å². The van der Waals surface area contributed by atoms with Crippen LogP contribution in [0.15, 0.2) is 42.6 Å². The van der Waals surface area contributed by atoms with E-state index in [2.05, 4.69) is 54.6 Å². The summed E-state index contributed by atoms with van der Waals surface area (Å²) in [5.74, 6) is 2.24. The number of carbonyl (C=O) groups is 1. The van der Waals surface area contributed by atoms with E-state index in [1.165, 1.54) is 33.2 Å². The van der Waals surface area contributed by atoms with Crippen molar-refractivity contribution in [2.24, 2.45) is 17.8 Å². The van der Waals surface area contributed by atoms with Gasteiger partial charge in [0.1, 0.15) is 0 Å². The van der Waals surface area contributed by atoms with Gasteiger partial charge < -0.3 is 25.1 Å². The van der Waals surface area contributed by atoms with E-state index in [1.54, 1.807) is 0 Å². The zero-order chi connectivity index (χ0) is 27.1. The molecule has 2 heterocycles. The predicted molar refractivity (Wildman–Crippen MR) is 155 cm³/mol. The fourth-order valence-electron chi connectivity index (χ4n) is 8.18. The first-order chi connectivity index (χ1) is 18.8. The van der Waals surface area contributed by atoms with Crippen molar-refractivity contribution in [3.05, 3.63) is 64.8 Å². The number of aromatic amines is 1. The number of aryl methyl sites for hydroxylation is 2.